The van der Waals surface area contributed by atoms with Gasteiger partial charge in [0.05, 0.1) is 12.8 Å². The minimum absolute atomic E-state index is 0.218. The van der Waals surface area contributed by atoms with Crippen LogP contribution in [0.1, 0.15) is 5.69 Å². The summed E-state index contributed by atoms with van der Waals surface area (Å²) in [4.78, 5) is 4.37. The van der Waals surface area contributed by atoms with Gasteiger partial charge in [-0.05, 0) is 43.3 Å². The summed E-state index contributed by atoms with van der Waals surface area (Å²) >= 11 is 0. The number of halogens is 1. The number of ether oxygens (including phenoxy) is 1. The molecule has 130 valence electrons. The number of rotatable bonds is 4. The largest absolute Gasteiger partial charge is 0.497 e. The van der Waals surface area contributed by atoms with Crippen molar-refractivity contribution in [3.8, 4) is 34.4 Å². The SMILES string of the molecule is COc1ccc(-c2noc(-c3nnn(-c4ccccc4F)c3C)n2)cc1. The fourth-order valence-corrected chi connectivity index (χ4v) is 2.56. The van der Waals surface area contributed by atoms with Crippen LogP contribution in [0.5, 0.6) is 5.75 Å². The number of benzene rings is 2. The summed E-state index contributed by atoms with van der Waals surface area (Å²) < 4.78 is 25.9. The zero-order chi connectivity index (χ0) is 18.1. The van der Waals surface area contributed by atoms with Crippen LogP contribution in [0.25, 0.3) is 28.7 Å². The molecular formula is C18H14FN5O2. The molecule has 2 aromatic heterocycles. The Kier molecular flexibility index (Phi) is 3.92. The first-order chi connectivity index (χ1) is 12.7. The Balaban J connectivity index is 1.69. The van der Waals surface area contributed by atoms with Crippen LogP contribution in [0.15, 0.2) is 53.1 Å². The first kappa shape index (κ1) is 15.9. The van der Waals surface area contributed by atoms with E-state index in [2.05, 4.69) is 20.5 Å². The van der Waals surface area contributed by atoms with E-state index in [1.807, 2.05) is 24.3 Å². The molecular weight excluding hydrogens is 337 g/mol. The average Bonchev–Trinajstić information content (AvgIpc) is 3.29. The Morgan fingerprint density at radius 3 is 2.58 bits per heavy atom. The van der Waals surface area contributed by atoms with Gasteiger partial charge in [0.1, 0.15) is 17.3 Å². The van der Waals surface area contributed by atoms with Crippen LogP contribution in [0.4, 0.5) is 4.39 Å². The second-order valence-electron chi connectivity index (χ2n) is 5.54. The Morgan fingerprint density at radius 2 is 1.85 bits per heavy atom. The van der Waals surface area contributed by atoms with Gasteiger partial charge in [-0.1, -0.05) is 22.5 Å². The molecule has 0 aliphatic carbocycles. The predicted molar refractivity (Wildman–Crippen MR) is 91.3 cm³/mol. The molecule has 26 heavy (non-hydrogen) atoms. The molecule has 7 nitrogen and oxygen atoms in total. The zero-order valence-electron chi connectivity index (χ0n) is 14.0. The molecule has 0 N–H and O–H groups in total. The third kappa shape index (κ3) is 2.71. The highest BCUT2D eigenvalue weighted by Crippen LogP contribution is 2.26. The maximum absolute atomic E-state index is 14.0. The van der Waals surface area contributed by atoms with Crippen LogP contribution in [0, 0.1) is 12.7 Å². The van der Waals surface area contributed by atoms with Crippen molar-refractivity contribution in [2.24, 2.45) is 0 Å². The van der Waals surface area contributed by atoms with E-state index in [0.29, 0.717) is 22.9 Å². The number of para-hydroxylation sites is 1. The second-order valence-corrected chi connectivity index (χ2v) is 5.54. The third-order valence-electron chi connectivity index (χ3n) is 3.95. The van der Waals surface area contributed by atoms with Crippen LogP contribution in [-0.4, -0.2) is 32.2 Å². The molecule has 0 saturated heterocycles. The fraction of sp³-hybridized carbons (Fsp3) is 0.111. The lowest BCUT2D eigenvalue weighted by Crippen LogP contribution is -2.01. The summed E-state index contributed by atoms with van der Waals surface area (Å²) in [5.41, 5.74) is 2.08. The average molecular weight is 351 g/mol. The Bertz CT molecular complexity index is 1060. The highest BCUT2D eigenvalue weighted by molar-refractivity contribution is 5.59. The molecule has 0 aliphatic heterocycles. The molecule has 0 bridgehead atoms. The second kappa shape index (κ2) is 6.40. The molecule has 0 atom stereocenters. The van der Waals surface area contributed by atoms with Gasteiger partial charge in [0.2, 0.25) is 5.82 Å². The summed E-state index contributed by atoms with van der Waals surface area (Å²) in [6, 6.07) is 13.6. The maximum Gasteiger partial charge on any atom is 0.280 e. The van der Waals surface area contributed by atoms with Crippen molar-refractivity contribution in [2.75, 3.05) is 7.11 Å². The maximum atomic E-state index is 14.0. The van der Waals surface area contributed by atoms with E-state index in [4.69, 9.17) is 9.26 Å². The van der Waals surface area contributed by atoms with Gasteiger partial charge in [-0.2, -0.15) is 4.98 Å². The molecule has 0 radical (unpaired) electrons. The lowest BCUT2D eigenvalue weighted by Gasteiger charge is -2.03. The molecule has 0 aliphatic rings. The molecule has 4 rings (SSSR count). The highest BCUT2D eigenvalue weighted by atomic mass is 19.1. The summed E-state index contributed by atoms with van der Waals surface area (Å²) in [5, 5.41) is 12.1. The predicted octanol–water partition coefficient (Wildman–Crippen LogP) is 3.44. The lowest BCUT2D eigenvalue weighted by atomic mass is 10.2. The number of nitrogens with zero attached hydrogens (tertiary/aromatic N) is 5. The standard InChI is InChI=1S/C18H14FN5O2/c1-11-16(21-23-24(11)15-6-4-3-5-14(15)19)18-20-17(22-26-18)12-7-9-13(25-2)10-8-12/h3-10H,1-2H3. The molecule has 0 saturated carbocycles. The number of hydrogen-bond acceptors (Lipinski definition) is 6. The van der Waals surface area contributed by atoms with Crippen molar-refractivity contribution >= 4 is 0 Å². The Labute approximate surface area is 148 Å². The van der Waals surface area contributed by atoms with Gasteiger partial charge in [-0.3, -0.25) is 0 Å². The van der Waals surface area contributed by atoms with E-state index in [-0.39, 0.29) is 5.89 Å². The van der Waals surface area contributed by atoms with Crippen LogP contribution in [0.3, 0.4) is 0 Å². The molecule has 2 heterocycles. The highest BCUT2D eigenvalue weighted by Gasteiger charge is 2.20. The van der Waals surface area contributed by atoms with E-state index < -0.39 is 5.82 Å². The van der Waals surface area contributed by atoms with Crippen molar-refractivity contribution in [3.63, 3.8) is 0 Å². The molecule has 0 amide bonds. The van der Waals surface area contributed by atoms with Crippen LogP contribution >= 0.6 is 0 Å². The fourth-order valence-electron chi connectivity index (χ4n) is 2.56. The molecule has 4 aromatic rings. The monoisotopic (exact) mass is 351 g/mol. The van der Waals surface area contributed by atoms with E-state index >= 15 is 0 Å². The summed E-state index contributed by atoms with van der Waals surface area (Å²) in [6.45, 7) is 1.76. The van der Waals surface area contributed by atoms with Crippen molar-refractivity contribution in [1.29, 1.82) is 0 Å². The summed E-state index contributed by atoms with van der Waals surface area (Å²) in [5.74, 6) is 0.982. The minimum Gasteiger partial charge on any atom is -0.497 e. The lowest BCUT2D eigenvalue weighted by molar-refractivity contribution is 0.414. The van der Waals surface area contributed by atoms with Crippen molar-refractivity contribution in [1.82, 2.24) is 25.1 Å². The van der Waals surface area contributed by atoms with Gasteiger partial charge < -0.3 is 9.26 Å². The molecule has 8 heteroatoms. The van der Waals surface area contributed by atoms with Gasteiger partial charge in [-0.15, -0.1) is 5.10 Å². The van der Waals surface area contributed by atoms with Crippen molar-refractivity contribution in [3.05, 3.63) is 60.0 Å². The van der Waals surface area contributed by atoms with Gasteiger partial charge >= 0.3 is 0 Å². The first-order valence-corrected chi connectivity index (χ1v) is 7.83. The first-order valence-electron chi connectivity index (χ1n) is 7.83. The van der Waals surface area contributed by atoms with Gasteiger partial charge in [0.25, 0.3) is 5.89 Å². The van der Waals surface area contributed by atoms with Gasteiger partial charge in [0, 0.05) is 5.56 Å². The van der Waals surface area contributed by atoms with E-state index in [0.717, 1.165) is 11.3 Å². The topological polar surface area (TPSA) is 78.9 Å². The third-order valence-corrected chi connectivity index (χ3v) is 3.95. The zero-order valence-corrected chi connectivity index (χ0v) is 14.0. The van der Waals surface area contributed by atoms with Crippen LogP contribution in [-0.2, 0) is 0 Å². The number of methoxy groups -OCH3 is 1. The Hall–Kier alpha value is -3.55. The van der Waals surface area contributed by atoms with Gasteiger partial charge in [-0.25, -0.2) is 9.07 Å². The minimum atomic E-state index is -0.392. The van der Waals surface area contributed by atoms with E-state index in [1.165, 1.54) is 10.7 Å². The Morgan fingerprint density at radius 1 is 1.08 bits per heavy atom. The van der Waals surface area contributed by atoms with E-state index in [1.54, 1.807) is 32.2 Å². The molecule has 0 unspecified atom stereocenters. The van der Waals surface area contributed by atoms with Crippen LogP contribution < -0.4 is 4.74 Å². The molecule has 2 aromatic carbocycles. The molecule has 0 fully saturated rings. The van der Waals surface area contributed by atoms with E-state index in [9.17, 15) is 4.39 Å². The number of aromatic nitrogens is 5. The van der Waals surface area contributed by atoms with Crippen molar-refractivity contribution < 1.29 is 13.7 Å². The smallest absolute Gasteiger partial charge is 0.280 e. The normalized spacial score (nSPS) is 10.9. The molecule has 0 spiro atoms. The summed E-state index contributed by atoms with van der Waals surface area (Å²) in [7, 11) is 1.60. The van der Waals surface area contributed by atoms with Gasteiger partial charge in [0.15, 0.2) is 5.69 Å². The number of hydrogen-bond donors (Lipinski definition) is 0. The quantitative estimate of drug-likeness (QED) is 0.560. The summed E-state index contributed by atoms with van der Waals surface area (Å²) in [6.07, 6.45) is 0. The van der Waals surface area contributed by atoms with Crippen molar-refractivity contribution in [2.45, 2.75) is 6.92 Å². The van der Waals surface area contributed by atoms with Crippen LogP contribution in [0.2, 0.25) is 0 Å².